The molecule has 43 heavy (non-hydrogen) atoms. The Morgan fingerprint density at radius 3 is 2.09 bits per heavy atom. The molecule has 0 spiro atoms. The molecule has 2 N–H and O–H groups in total. The SMILES string of the molecule is CC(C)[C@@H](NS(=O)(=O)N1CCN(c2ccc(C#Cc3ccc4c(c3)C(=O)N(Cc3ccccc3)C4=O)cc2)CC1)C(=O)O. The predicted molar refractivity (Wildman–Crippen MR) is 162 cm³/mol. The number of nitrogens with one attached hydrogen (secondary N) is 1. The number of carbonyl (C=O) groups is 3. The topological polar surface area (TPSA) is 127 Å². The van der Waals surface area contributed by atoms with Crippen LogP contribution in [0.25, 0.3) is 0 Å². The van der Waals surface area contributed by atoms with E-state index in [-0.39, 0.29) is 37.4 Å². The Kier molecular flexibility index (Phi) is 8.64. The van der Waals surface area contributed by atoms with Crippen molar-refractivity contribution < 1.29 is 27.9 Å². The number of amides is 2. The van der Waals surface area contributed by atoms with E-state index in [1.54, 1.807) is 32.0 Å². The Bertz CT molecular complexity index is 1700. The summed E-state index contributed by atoms with van der Waals surface area (Å²) in [5, 5.41) is 9.34. The number of hydrogen-bond acceptors (Lipinski definition) is 6. The highest BCUT2D eigenvalue weighted by Crippen LogP contribution is 2.26. The number of aliphatic carboxylic acids is 1. The molecule has 0 aromatic heterocycles. The monoisotopic (exact) mass is 600 g/mol. The third-order valence-electron chi connectivity index (χ3n) is 7.52. The van der Waals surface area contributed by atoms with E-state index in [1.807, 2.05) is 54.6 Å². The second kappa shape index (κ2) is 12.4. The fourth-order valence-electron chi connectivity index (χ4n) is 5.07. The Morgan fingerprint density at radius 2 is 1.47 bits per heavy atom. The molecule has 3 aromatic carbocycles. The van der Waals surface area contributed by atoms with Gasteiger partial charge in [0.05, 0.1) is 17.7 Å². The third-order valence-corrected chi connectivity index (χ3v) is 9.12. The third kappa shape index (κ3) is 6.62. The predicted octanol–water partition coefficient (Wildman–Crippen LogP) is 2.95. The molecule has 2 aliphatic rings. The highest BCUT2D eigenvalue weighted by Gasteiger charge is 2.36. The normalized spacial score (nSPS) is 16.2. The van der Waals surface area contributed by atoms with E-state index < -0.39 is 22.2 Å². The fraction of sp³-hybridized carbons (Fsp3) is 0.281. The van der Waals surface area contributed by atoms with Gasteiger partial charge in [0.1, 0.15) is 6.04 Å². The first-order valence-electron chi connectivity index (χ1n) is 13.9. The number of hydrogen-bond donors (Lipinski definition) is 2. The van der Waals surface area contributed by atoms with E-state index in [9.17, 15) is 27.9 Å². The molecule has 0 saturated carbocycles. The van der Waals surface area contributed by atoms with E-state index in [0.717, 1.165) is 16.8 Å². The van der Waals surface area contributed by atoms with Crippen molar-refractivity contribution in [3.8, 4) is 11.8 Å². The number of carboxylic acid groups (broad SMARTS) is 1. The Morgan fingerprint density at radius 1 is 0.860 bits per heavy atom. The first-order chi connectivity index (χ1) is 20.5. The quantitative estimate of drug-likeness (QED) is 0.301. The van der Waals surface area contributed by atoms with Crippen molar-refractivity contribution in [3.05, 3.63) is 101 Å². The maximum atomic E-state index is 13.0. The van der Waals surface area contributed by atoms with Gasteiger partial charge in [-0.1, -0.05) is 56.0 Å². The lowest BCUT2D eigenvalue weighted by Gasteiger charge is -2.36. The molecule has 2 heterocycles. The van der Waals surface area contributed by atoms with Crippen LogP contribution in [0.1, 0.15) is 51.3 Å². The molecule has 0 radical (unpaired) electrons. The molecule has 0 bridgehead atoms. The lowest BCUT2D eigenvalue weighted by molar-refractivity contribution is -0.140. The summed E-state index contributed by atoms with van der Waals surface area (Å²) in [4.78, 5) is 40.6. The second-order valence-electron chi connectivity index (χ2n) is 10.8. The van der Waals surface area contributed by atoms with Gasteiger partial charge in [0.2, 0.25) is 0 Å². The summed E-state index contributed by atoms with van der Waals surface area (Å²) in [6.45, 7) is 4.88. The van der Waals surface area contributed by atoms with Crippen LogP contribution in [0.4, 0.5) is 5.69 Å². The highest BCUT2D eigenvalue weighted by atomic mass is 32.2. The van der Waals surface area contributed by atoms with Crippen molar-refractivity contribution in [2.24, 2.45) is 5.92 Å². The van der Waals surface area contributed by atoms with Gasteiger partial charge in [0.15, 0.2) is 0 Å². The van der Waals surface area contributed by atoms with Crippen molar-refractivity contribution in [3.63, 3.8) is 0 Å². The average molecular weight is 601 g/mol. The molecule has 11 heteroatoms. The summed E-state index contributed by atoms with van der Waals surface area (Å²) in [6, 6.07) is 20.8. The van der Waals surface area contributed by atoms with Crippen LogP contribution >= 0.6 is 0 Å². The van der Waals surface area contributed by atoms with E-state index in [2.05, 4.69) is 21.5 Å². The molecule has 2 amide bonds. The maximum Gasteiger partial charge on any atom is 0.322 e. The van der Waals surface area contributed by atoms with Gasteiger partial charge in [-0.15, -0.1) is 0 Å². The Labute approximate surface area is 251 Å². The zero-order valence-corrected chi connectivity index (χ0v) is 24.7. The molecule has 1 fully saturated rings. The number of nitrogens with zero attached hydrogens (tertiary/aromatic N) is 3. The molecule has 1 saturated heterocycles. The van der Waals surface area contributed by atoms with Crippen LogP contribution in [0.3, 0.4) is 0 Å². The molecule has 222 valence electrons. The largest absolute Gasteiger partial charge is 0.480 e. The first kappa shape index (κ1) is 30.0. The van der Waals surface area contributed by atoms with Crippen molar-refractivity contribution in [1.29, 1.82) is 0 Å². The van der Waals surface area contributed by atoms with Gasteiger partial charge in [-0.2, -0.15) is 17.4 Å². The standard InChI is InChI=1S/C32H32N4O6S/c1-22(2)29(32(39)40)33-43(41,42)35-18-16-34(17-19-35)26-13-10-23(11-14-26)8-9-24-12-15-27-28(20-24)31(38)36(30(27)37)21-25-6-4-3-5-7-25/h3-7,10-15,20,22,29,33H,16-19,21H2,1-2H3,(H,39,40)/t29-/m1/s1. The van der Waals surface area contributed by atoms with E-state index in [1.165, 1.54) is 9.21 Å². The average Bonchev–Trinajstić information content (AvgIpc) is 3.23. The molecule has 0 aliphatic carbocycles. The summed E-state index contributed by atoms with van der Waals surface area (Å²) in [7, 11) is -3.93. The number of carbonyl (C=O) groups excluding carboxylic acids is 2. The molecule has 3 aromatic rings. The van der Waals surface area contributed by atoms with Gasteiger partial charge in [-0.3, -0.25) is 19.3 Å². The van der Waals surface area contributed by atoms with Crippen LogP contribution in [-0.4, -0.2) is 72.7 Å². The van der Waals surface area contributed by atoms with Gasteiger partial charge in [-0.05, 0) is 53.9 Å². The van der Waals surface area contributed by atoms with E-state index in [4.69, 9.17) is 0 Å². The molecule has 0 unspecified atom stereocenters. The summed E-state index contributed by atoms with van der Waals surface area (Å²) < 4.78 is 29.1. The Balaban J connectivity index is 1.20. The van der Waals surface area contributed by atoms with Crippen molar-refractivity contribution >= 4 is 33.7 Å². The lowest BCUT2D eigenvalue weighted by Crippen LogP contribution is -2.55. The zero-order valence-electron chi connectivity index (χ0n) is 23.9. The minimum absolute atomic E-state index is 0.214. The molecular formula is C32H32N4O6S. The van der Waals surface area contributed by atoms with E-state index in [0.29, 0.717) is 29.8 Å². The van der Waals surface area contributed by atoms with Crippen molar-refractivity contribution in [1.82, 2.24) is 13.9 Å². The minimum atomic E-state index is -3.93. The van der Waals surface area contributed by atoms with Crippen molar-refractivity contribution in [2.45, 2.75) is 26.4 Å². The molecule has 2 aliphatic heterocycles. The van der Waals surface area contributed by atoms with Gasteiger partial charge in [0.25, 0.3) is 22.0 Å². The zero-order chi connectivity index (χ0) is 30.7. The number of rotatable bonds is 8. The molecule has 5 rings (SSSR count). The number of carboxylic acids is 1. The van der Waals surface area contributed by atoms with Gasteiger partial charge >= 0.3 is 5.97 Å². The second-order valence-corrected chi connectivity index (χ2v) is 12.5. The van der Waals surface area contributed by atoms with Crippen LogP contribution in [-0.2, 0) is 21.5 Å². The van der Waals surface area contributed by atoms with Crippen LogP contribution in [0.5, 0.6) is 0 Å². The van der Waals surface area contributed by atoms with Crippen LogP contribution in [0, 0.1) is 17.8 Å². The number of anilines is 1. The Hall–Kier alpha value is -4.50. The first-order valence-corrected chi connectivity index (χ1v) is 15.4. The highest BCUT2D eigenvalue weighted by molar-refractivity contribution is 7.87. The number of imide groups is 1. The van der Waals surface area contributed by atoms with Crippen LogP contribution in [0.2, 0.25) is 0 Å². The van der Waals surface area contributed by atoms with Crippen molar-refractivity contribution in [2.75, 3.05) is 31.1 Å². The number of benzene rings is 3. The summed E-state index contributed by atoms with van der Waals surface area (Å²) in [6.07, 6.45) is 0. The minimum Gasteiger partial charge on any atom is -0.480 e. The molecular weight excluding hydrogens is 568 g/mol. The van der Waals surface area contributed by atoms with E-state index >= 15 is 0 Å². The summed E-state index contributed by atoms with van der Waals surface area (Å²) in [5.41, 5.74) is 3.90. The molecule has 10 nitrogen and oxygen atoms in total. The number of fused-ring (bicyclic) bond motifs is 1. The fourth-order valence-corrected chi connectivity index (χ4v) is 6.56. The van der Waals surface area contributed by atoms with Crippen LogP contribution < -0.4 is 9.62 Å². The summed E-state index contributed by atoms with van der Waals surface area (Å²) >= 11 is 0. The lowest BCUT2D eigenvalue weighted by atomic mass is 10.1. The molecule has 1 atom stereocenters. The van der Waals surface area contributed by atoms with Crippen LogP contribution in [0.15, 0.2) is 72.8 Å². The smallest absolute Gasteiger partial charge is 0.322 e. The van der Waals surface area contributed by atoms with Gasteiger partial charge in [-0.25, -0.2) is 0 Å². The maximum absolute atomic E-state index is 13.0. The summed E-state index contributed by atoms with van der Waals surface area (Å²) in [5.74, 6) is 3.94. The van der Waals surface area contributed by atoms with Gasteiger partial charge in [0, 0.05) is 43.0 Å². The number of piperazine rings is 1. The van der Waals surface area contributed by atoms with Gasteiger partial charge < -0.3 is 10.0 Å².